The molecule has 1 amide bonds. The van der Waals surface area contributed by atoms with E-state index in [1.54, 1.807) is 31.6 Å². The number of anilines is 2. The Bertz CT molecular complexity index is 1250. The number of hydrogen-bond acceptors (Lipinski definition) is 6. The summed E-state index contributed by atoms with van der Waals surface area (Å²) in [6.45, 7) is 3.96. The topological polar surface area (TPSA) is 117 Å². The van der Waals surface area contributed by atoms with Crippen LogP contribution in [0.1, 0.15) is 28.2 Å². The third kappa shape index (κ3) is 3.29. The van der Waals surface area contributed by atoms with Gasteiger partial charge in [0.2, 0.25) is 10.0 Å². The van der Waals surface area contributed by atoms with Crippen molar-refractivity contribution in [1.82, 2.24) is 14.8 Å². The Morgan fingerprint density at radius 3 is 2.69 bits per heavy atom. The van der Waals surface area contributed by atoms with Crippen LogP contribution in [0, 0.1) is 13.8 Å². The van der Waals surface area contributed by atoms with Crippen molar-refractivity contribution in [2.24, 2.45) is 7.05 Å². The molecule has 1 fully saturated rings. The van der Waals surface area contributed by atoms with Crippen molar-refractivity contribution in [3.63, 3.8) is 0 Å². The van der Waals surface area contributed by atoms with Gasteiger partial charge in [-0.3, -0.25) is 13.8 Å². The Labute approximate surface area is 168 Å². The number of rotatable bonds is 3. The second-order valence-corrected chi connectivity index (χ2v) is 9.13. The van der Waals surface area contributed by atoms with Gasteiger partial charge < -0.3 is 10.4 Å². The SMILES string of the molecule is Cc1cc(C(=O)Nc2cc(N3CCCS3(=O)=O)ccc2O)c2c(C)nn(C)c2n1. The molecule has 2 aromatic heterocycles. The molecular formula is C19H21N5O4S. The molecule has 0 unspecified atom stereocenters. The van der Waals surface area contributed by atoms with Crippen molar-refractivity contribution < 1.29 is 18.3 Å². The first-order valence-electron chi connectivity index (χ1n) is 9.13. The normalized spacial score (nSPS) is 15.8. The lowest BCUT2D eigenvalue weighted by Crippen LogP contribution is -2.25. The highest BCUT2D eigenvalue weighted by Gasteiger charge is 2.29. The number of amides is 1. The average Bonchev–Trinajstić information content (AvgIpc) is 3.14. The minimum absolute atomic E-state index is 0.0874. The predicted molar refractivity (Wildman–Crippen MR) is 110 cm³/mol. The Hall–Kier alpha value is -3.14. The van der Waals surface area contributed by atoms with Crippen molar-refractivity contribution in [2.75, 3.05) is 21.9 Å². The van der Waals surface area contributed by atoms with E-state index in [4.69, 9.17) is 0 Å². The largest absolute Gasteiger partial charge is 0.506 e. The summed E-state index contributed by atoms with van der Waals surface area (Å²) in [5.74, 6) is -0.499. The number of nitrogens with zero attached hydrogens (tertiary/aromatic N) is 4. The van der Waals surface area contributed by atoms with E-state index in [0.717, 1.165) is 0 Å². The molecule has 1 aliphatic rings. The monoisotopic (exact) mass is 415 g/mol. The van der Waals surface area contributed by atoms with E-state index in [1.165, 1.54) is 22.5 Å². The van der Waals surface area contributed by atoms with Gasteiger partial charge in [-0.1, -0.05) is 0 Å². The highest BCUT2D eigenvalue weighted by Crippen LogP contribution is 2.33. The second-order valence-electron chi connectivity index (χ2n) is 7.12. The van der Waals surface area contributed by atoms with Crippen LogP contribution >= 0.6 is 0 Å². The van der Waals surface area contributed by atoms with E-state index in [0.29, 0.717) is 46.6 Å². The second kappa shape index (κ2) is 6.73. The molecule has 0 bridgehead atoms. The lowest BCUT2D eigenvalue weighted by molar-refractivity contribution is 0.102. The molecule has 0 atom stereocenters. The van der Waals surface area contributed by atoms with E-state index in [2.05, 4.69) is 15.4 Å². The smallest absolute Gasteiger partial charge is 0.256 e. The van der Waals surface area contributed by atoms with Crippen LogP contribution in [0.25, 0.3) is 11.0 Å². The molecule has 1 saturated heterocycles. The number of carbonyl (C=O) groups excluding carboxylic acids is 1. The van der Waals surface area contributed by atoms with Crippen molar-refractivity contribution in [1.29, 1.82) is 0 Å². The number of aryl methyl sites for hydroxylation is 3. The maximum absolute atomic E-state index is 13.0. The number of aromatic hydroxyl groups is 1. The average molecular weight is 415 g/mol. The molecule has 29 heavy (non-hydrogen) atoms. The first-order valence-corrected chi connectivity index (χ1v) is 10.7. The molecule has 0 radical (unpaired) electrons. The zero-order valence-electron chi connectivity index (χ0n) is 16.3. The van der Waals surface area contributed by atoms with Gasteiger partial charge in [-0.2, -0.15) is 5.10 Å². The van der Waals surface area contributed by atoms with Gasteiger partial charge in [0.15, 0.2) is 5.65 Å². The molecule has 1 aromatic carbocycles. The third-order valence-electron chi connectivity index (χ3n) is 4.96. The zero-order valence-corrected chi connectivity index (χ0v) is 17.1. The van der Waals surface area contributed by atoms with Crippen molar-refractivity contribution in [2.45, 2.75) is 20.3 Å². The van der Waals surface area contributed by atoms with Crippen LogP contribution in [-0.4, -0.2) is 46.5 Å². The molecule has 0 spiro atoms. The van der Waals surface area contributed by atoms with Gasteiger partial charge in [-0.25, -0.2) is 13.4 Å². The molecule has 1 aliphatic heterocycles. The fourth-order valence-electron chi connectivity index (χ4n) is 3.65. The maximum Gasteiger partial charge on any atom is 0.256 e. The number of phenolic OH excluding ortho intramolecular Hbond substituents is 1. The standard InChI is InChI=1S/C19H21N5O4S/c1-11-9-14(17-12(2)22-23(3)18(17)20-11)19(26)21-15-10-13(5-6-16(15)25)24-7-4-8-29(24,27)28/h5-6,9-10,25H,4,7-8H2,1-3H3,(H,21,26). The molecule has 9 nitrogen and oxygen atoms in total. The number of aromatic nitrogens is 3. The van der Waals surface area contributed by atoms with Crippen LogP contribution < -0.4 is 9.62 Å². The van der Waals surface area contributed by atoms with Crippen LogP contribution in [0.2, 0.25) is 0 Å². The van der Waals surface area contributed by atoms with Crippen molar-refractivity contribution >= 4 is 38.3 Å². The van der Waals surface area contributed by atoms with E-state index in [1.807, 2.05) is 0 Å². The predicted octanol–water partition coefficient (Wildman–Crippen LogP) is 2.08. The number of sulfonamides is 1. The van der Waals surface area contributed by atoms with Gasteiger partial charge in [0.25, 0.3) is 5.91 Å². The molecule has 2 N–H and O–H groups in total. The summed E-state index contributed by atoms with van der Waals surface area (Å²) < 4.78 is 27.3. The van der Waals surface area contributed by atoms with Crippen LogP contribution in [0.4, 0.5) is 11.4 Å². The quantitative estimate of drug-likeness (QED) is 0.633. The molecule has 3 heterocycles. The molecule has 0 aliphatic carbocycles. The number of carbonyl (C=O) groups is 1. The molecule has 152 valence electrons. The number of fused-ring (bicyclic) bond motifs is 1. The fourth-order valence-corrected chi connectivity index (χ4v) is 5.20. The lowest BCUT2D eigenvalue weighted by atomic mass is 10.1. The Kier molecular flexibility index (Phi) is 4.45. The van der Waals surface area contributed by atoms with E-state index in [9.17, 15) is 18.3 Å². The lowest BCUT2D eigenvalue weighted by Gasteiger charge is -2.18. The third-order valence-corrected chi connectivity index (χ3v) is 6.83. The van der Waals surface area contributed by atoms with Crippen molar-refractivity contribution in [3.8, 4) is 5.75 Å². The van der Waals surface area contributed by atoms with E-state index in [-0.39, 0.29) is 17.2 Å². The summed E-state index contributed by atoms with van der Waals surface area (Å²) in [7, 11) is -1.61. The molecule has 10 heteroatoms. The highest BCUT2D eigenvalue weighted by molar-refractivity contribution is 7.93. The van der Waals surface area contributed by atoms with Gasteiger partial charge in [0, 0.05) is 19.3 Å². The number of pyridine rings is 1. The summed E-state index contributed by atoms with van der Waals surface area (Å²) in [6, 6.07) is 6.03. The van der Waals surface area contributed by atoms with Crippen LogP contribution in [0.15, 0.2) is 24.3 Å². The zero-order chi connectivity index (χ0) is 20.9. The molecular weight excluding hydrogens is 394 g/mol. The Morgan fingerprint density at radius 1 is 1.24 bits per heavy atom. The van der Waals surface area contributed by atoms with E-state index < -0.39 is 15.9 Å². The van der Waals surface area contributed by atoms with Crippen LogP contribution in [0.5, 0.6) is 5.75 Å². The fraction of sp³-hybridized carbons (Fsp3) is 0.316. The summed E-state index contributed by atoms with van der Waals surface area (Å²) in [5, 5.41) is 17.9. The first-order chi connectivity index (χ1) is 13.7. The summed E-state index contributed by atoms with van der Waals surface area (Å²) in [4.78, 5) is 17.5. The van der Waals surface area contributed by atoms with Gasteiger partial charge in [0.05, 0.1) is 33.8 Å². The van der Waals surface area contributed by atoms with E-state index >= 15 is 0 Å². The number of nitrogens with one attached hydrogen (secondary N) is 1. The molecule has 4 rings (SSSR count). The van der Waals surface area contributed by atoms with Gasteiger partial charge in [0.1, 0.15) is 5.75 Å². The van der Waals surface area contributed by atoms with Gasteiger partial charge in [-0.15, -0.1) is 0 Å². The summed E-state index contributed by atoms with van der Waals surface area (Å²) in [6.07, 6.45) is 0.541. The van der Waals surface area contributed by atoms with Crippen LogP contribution in [-0.2, 0) is 17.1 Å². The number of phenols is 1. The molecule has 0 saturated carbocycles. The first kappa shape index (κ1) is 19.2. The number of hydrogen-bond donors (Lipinski definition) is 2. The highest BCUT2D eigenvalue weighted by atomic mass is 32.2. The maximum atomic E-state index is 13.0. The minimum Gasteiger partial charge on any atom is -0.506 e. The van der Waals surface area contributed by atoms with Gasteiger partial charge >= 0.3 is 0 Å². The Balaban J connectivity index is 1.73. The van der Waals surface area contributed by atoms with Crippen molar-refractivity contribution in [3.05, 3.63) is 41.2 Å². The van der Waals surface area contributed by atoms with Gasteiger partial charge in [-0.05, 0) is 44.5 Å². The van der Waals surface area contributed by atoms with Crippen LogP contribution in [0.3, 0.4) is 0 Å². The summed E-state index contributed by atoms with van der Waals surface area (Å²) >= 11 is 0. The Morgan fingerprint density at radius 2 is 2.00 bits per heavy atom. The summed E-state index contributed by atoms with van der Waals surface area (Å²) in [5.41, 5.74) is 2.85. The number of benzene rings is 1. The minimum atomic E-state index is -3.37. The molecule has 3 aromatic rings.